The minimum absolute atomic E-state index is 0.0689. The molecule has 0 unspecified atom stereocenters. The van der Waals surface area contributed by atoms with E-state index in [1.54, 1.807) is 22.0 Å². The van der Waals surface area contributed by atoms with Crippen LogP contribution in [0.1, 0.15) is 22.2 Å². The number of pyridine rings is 1. The van der Waals surface area contributed by atoms with Crippen LogP contribution in [0.3, 0.4) is 0 Å². The number of carbonyl (C=O) groups excluding carboxylic acids is 1. The van der Waals surface area contributed by atoms with Crippen LogP contribution in [0.25, 0.3) is 10.8 Å². The first-order valence-electron chi connectivity index (χ1n) is 7.41. The van der Waals surface area contributed by atoms with Gasteiger partial charge >= 0.3 is 0 Å². The molecule has 0 spiro atoms. The van der Waals surface area contributed by atoms with Gasteiger partial charge in [-0.1, -0.05) is 29.5 Å². The highest BCUT2D eigenvalue weighted by atomic mass is 16.3. The first-order chi connectivity index (χ1) is 11.3. The molecule has 0 radical (unpaired) electrons. The third-order valence-corrected chi connectivity index (χ3v) is 4.12. The van der Waals surface area contributed by atoms with Crippen molar-refractivity contribution in [2.75, 3.05) is 13.1 Å². The summed E-state index contributed by atoms with van der Waals surface area (Å²) in [4.78, 5) is 18.7. The molecule has 2 aromatic heterocycles. The fraction of sp³-hybridized carbons (Fsp3) is 0.250. The summed E-state index contributed by atoms with van der Waals surface area (Å²) in [6.07, 6.45) is 3.38. The van der Waals surface area contributed by atoms with Crippen LogP contribution in [0.4, 0.5) is 0 Å². The van der Waals surface area contributed by atoms with Crippen LogP contribution < -0.4 is 0 Å². The van der Waals surface area contributed by atoms with E-state index in [2.05, 4.69) is 15.3 Å². The van der Waals surface area contributed by atoms with Crippen molar-refractivity contribution in [1.29, 1.82) is 0 Å². The zero-order chi connectivity index (χ0) is 15.8. The van der Waals surface area contributed by atoms with Gasteiger partial charge in [0.1, 0.15) is 11.4 Å². The van der Waals surface area contributed by atoms with Crippen LogP contribution in [0.2, 0.25) is 0 Å². The third kappa shape index (κ3) is 2.35. The van der Waals surface area contributed by atoms with Gasteiger partial charge in [-0.2, -0.15) is 0 Å². The maximum atomic E-state index is 12.7. The second-order valence-electron chi connectivity index (χ2n) is 5.59. The predicted octanol–water partition coefficient (Wildman–Crippen LogP) is 1.02. The smallest absolute Gasteiger partial charge is 0.273 e. The summed E-state index contributed by atoms with van der Waals surface area (Å²) in [6, 6.07) is 9.74. The maximum absolute atomic E-state index is 12.7. The number of fused-ring (bicyclic) bond motifs is 1. The molecule has 1 fully saturated rings. The van der Waals surface area contributed by atoms with Crippen LogP contribution in [-0.2, 0) is 6.61 Å². The molecule has 1 saturated heterocycles. The van der Waals surface area contributed by atoms with Crippen molar-refractivity contribution in [3.63, 3.8) is 0 Å². The Morgan fingerprint density at radius 1 is 1.26 bits per heavy atom. The summed E-state index contributed by atoms with van der Waals surface area (Å²) < 4.78 is 1.70. The van der Waals surface area contributed by atoms with Gasteiger partial charge in [0.05, 0.1) is 18.8 Å². The zero-order valence-electron chi connectivity index (χ0n) is 12.3. The number of aliphatic hydroxyl groups excluding tert-OH is 1. The van der Waals surface area contributed by atoms with Crippen molar-refractivity contribution in [1.82, 2.24) is 24.9 Å². The standard InChI is InChI=1S/C16H15N5O2/c22-10-12-7-21(19-18-12)13-8-20(9-13)16(23)15-14-4-2-1-3-11(14)5-6-17-15/h1-7,13,22H,8-10H2. The highest BCUT2D eigenvalue weighted by molar-refractivity contribution is 6.05. The number of hydrogen-bond acceptors (Lipinski definition) is 5. The van der Waals surface area contributed by atoms with Gasteiger partial charge in [-0.05, 0) is 11.5 Å². The molecule has 116 valence electrons. The Labute approximate surface area is 132 Å². The summed E-state index contributed by atoms with van der Waals surface area (Å²) in [7, 11) is 0. The molecule has 3 aromatic rings. The largest absolute Gasteiger partial charge is 0.390 e. The minimum Gasteiger partial charge on any atom is -0.390 e. The van der Waals surface area contributed by atoms with Crippen molar-refractivity contribution in [2.24, 2.45) is 0 Å². The van der Waals surface area contributed by atoms with Gasteiger partial charge in [-0.3, -0.25) is 9.78 Å². The van der Waals surface area contributed by atoms with Crippen molar-refractivity contribution < 1.29 is 9.90 Å². The van der Waals surface area contributed by atoms with Crippen LogP contribution in [0.15, 0.2) is 42.7 Å². The minimum atomic E-state index is -0.130. The van der Waals surface area contributed by atoms with Crippen molar-refractivity contribution in [3.8, 4) is 0 Å². The molecule has 7 heteroatoms. The Morgan fingerprint density at radius 2 is 2.09 bits per heavy atom. The molecule has 3 heterocycles. The molecular weight excluding hydrogens is 294 g/mol. The fourth-order valence-electron chi connectivity index (χ4n) is 2.79. The monoisotopic (exact) mass is 309 g/mol. The molecule has 1 amide bonds. The topological polar surface area (TPSA) is 84.1 Å². The lowest BCUT2D eigenvalue weighted by Gasteiger charge is -2.38. The summed E-state index contributed by atoms with van der Waals surface area (Å²) in [6.45, 7) is 1.01. The Morgan fingerprint density at radius 3 is 2.87 bits per heavy atom. The van der Waals surface area contributed by atoms with Gasteiger partial charge in [0, 0.05) is 24.7 Å². The van der Waals surface area contributed by atoms with Gasteiger partial charge < -0.3 is 10.0 Å². The Balaban J connectivity index is 1.52. The summed E-state index contributed by atoms with van der Waals surface area (Å²) in [5.41, 5.74) is 1.02. The van der Waals surface area contributed by atoms with E-state index in [0.29, 0.717) is 24.5 Å². The summed E-state index contributed by atoms with van der Waals surface area (Å²) >= 11 is 0. The lowest BCUT2D eigenvalue weighted by atomic mass is 10.1. The molecule has 1 N–H and O–H groups in total. The molecule has 0 atom stereocenters. The number of aromatic nitrogens is 4. The van der Waals surface area contributed by atoms with E-state index in [4.69, 9.17) is 5.11 Å². The van der Waals surface area contributed by atoms with Gasteiger partial charge in [0.15, 0.2) is 0 Å². The molecule has 1 aliphatic heterocycles. The van der Waals surface area contributed by atoms with E-state index in [1.807, 2.05) is 30.3 Å². The van der Waals surface area contributed by atoms with E-state index in [1.165, 1.54) is 0 Å². The summed E-state index contributed by atoms with van der Waals surface area (Å²) in [5.74, 6) is -0.0689. The van der Waals surface area contributed by atoms with E-state index in [-0.39, 0.29) is 18.6 Å². The first kappa shape index (κ1) is 13.8. The Hall–Kier alpha value is -2.80. The normalized spacial score (nSPS) is 14.9. The number of benzene rings is 1. The first-order valence-corrected chi connectivity index (χ1v) is 7.41. The number of amides is 1. The molecule has 4 rings (SSSR count). The number of rotatable bonds is 3. The van der Waals surface area contributed by atoms with E-state index >= 15 is 0 Å². The fourth-order valence-corrected chi connectivity index (χ4v) is 2.79. The highest BCUT2D eigenvalue weighted by Gasteiger charge is 2.34. The molecule has 0 aliphatic carbocycles. The molecule has 1 aromatic carbocycles. The van der Waals surface area contributed by atoms with Crippen LogP contribution >= 0.6 is 0 Å². The van der Waals surface area contributed by atoms with Crippen LogP contribution in [-0.4, -0.2) is 49.0 Å². The number of carbonyl (C=O) groups is 1. The number of likely N-dealkylation sites (tertiary alicyclic amines) is 1. The van der Waals surface area contributed by atoms with E-state index in [9.17, 15) is 4.79 Å². The van der Waals surface area contributed by atoms with Gasteiger partial charge in [0.25, 0.3) is 5.91 Å². The average molecular weight is 309 g/mol. The number of hydrogen-bond donors (Lipinski definition) is 1. The molecule has 7 nitrogen and oxygen atoms in total. The van der Waals surface area contributed by atoms with Gasteiger partial charge in [0.2, 0.25) is 0 Å². The Kier molecular flexibility index (Phi) is 3.27. The number of nitrogens with zero attached hydrogens (tertiary/aromatic N) is 5. The number of aliphatic hydroxyl groups is 1. The third-order valence-electron chi connectivity index (χ3n) is 4.12. The maximum Gasteiger partial charge on any atom is 0.273 e. The van der Waals surface area contributed by atoms with Crippen molar-refractivity contribution >= 4 is 16.7 Å². The SMILES string of the molecule is O=C(c1nccc2ccccc12)N1CC(n2cc(CO)nn2)C1. The molecule has 0 bridgehead atoms. The quantitative estimate of drug-likeness (QED) is 0.781. The van der Waals surface area contributed by atoms with Crippen molar-refractivity contribution in [2.45, 2.75) is 12.6 Å². The Bertz CT molecular complexity index is 864. The van der Waals surface area contributed by atoms with E-state index in [0.717, 1.165) is 10.8 Å². The molecule has 23 heavy (non-hydrogen) atoms. The second-order valence-corrected chi connectivity index (χ2v) is 5.59. The van der Waals surface area contributed by atoms with Gasteiger partial charge in [-0.25, -0.2) is 4.68 Å². The summed E-state index contributed by atoms with van der Waals surface area (Å²) in [5, 5.41) is 18.7. The zero-order valence-corrected chi connectivity index (χ0v) is 12.3. The second kappa shape index (κ2) is 5.44. The average Bonchev–Trinajstić information content (AvgIpc) is 3.01. The van der Waals surface area contributed by atoms with Crippen LogP contribution in [0.5, 0.6) is 0 Å². The lowest BCUT2D eigenvalue weighted by molar-refractivity contribution is 0.0494. The van der Waals surface area contributed by atoms with Crippen molar-refractivity contribution in [3.05, 3.63) is 54.1 Å². The highest BCUT2D eigenvalue weighted by Crippen LogP contribution is 2.25. The van der Waals surface area contributed by atoms with Gasteiger partial charge in [-0.15, -0.1) is 5.10 Å². The molecule has 1 aliphatic rings. The molecule has 0 saturated carbocycles. The van der Waals surface area contributed by atoms with E-state index < -0.39 is 0 Å². The molecular formula is C16H15N5O2. The predicted molar refractivity (Wildman–Crippen MR) is 82.6 cm³/mol. The lowest BCUT2D eigenvalue weighted by Crippen LogP contribution is -2.51. The van der Waals surface area contributed by atoms with Crippen LogP contribution in [0, 0.1) is 0 Å².